The van der Waals surface area contributed by atoms with Crippen molar-refractivity contribution in [2.75, 3.05) is 11.4 Å². The molecule has 2 aliphatic heterocycles. The van der Waals surface area contributed by atoms with E-state index >= 15 is 0 Å². The number of nitrogens with zero attached hydrogens (tertiary/aromatic N) is 2. The molecule has 9 nitrogen and oxygen atoms in total. The van der Waals surface area contributed by atoms with Crippen molar-refractivity contribution in [3.8, 4) is 5.75 Å². The molecule has 3 fully saturated rings. The standard InChI is InChI=1S/C33H31ClF2N2O7/c1-33-21(30(43)38(32(33)45)17-7-10-23(35)22(34)14-17)15-20-18(28(33)16-6-11-25(39)24(36)13-16)8-9-19-27(20)31(44)37(29(19)42)12-4-2-3-5-26(40)41/h6-8,10-11,13-14,19-21,27-28,39H,2-5,9,12,15H2,1H3,(H,40,41)/t19-,20+,21-,27-,28-,33+/m0/s1. The molecule has 6 atom stereocenters. The van der Waals surface area contributed by atoms with Crippen LogP contribution >= 0.6 is 11.6 Å². The number of hydrogen-bond acceptors (Lipinski definition) is 6. The van der Waals surface area contributed by atoms with Gasteiger partial charge < -0.3 is 10.2 Å². The fourth-order valence-electron chi connectivity index (χ4n) is 7.98. The van der Waals surface area contributed by atoms with Crippen molar-refractivity contribution >= 4 is 46.9 Å². The Balaban J connectivity index is 1.39. The number of fused-ring (bicyclic) bond motifs is 4. The number of carboxylic acids is 1. The van der Waals surface area contributed by atoms with Gasteiger partial charge in [0.25, 0.3) is 0 Å². The Bertz CT molecular complexity index is 1680. The number of aliphatic carboxylic acids is 1. The van der Waals surface area contributed by atoms with Crippen molar-refractivity contribution in [3.63, 3.8) is 0 Å². The molecule has 0 spiro atoms. The molecular weight excluding hydrogens is 610 g/mol. The van der Waals surface area contributed by atoms with Crippen LogP contribution in [-0.2, 0) is 24.0 Å². The molecule has 2 N–H and O–H groups in total. The highest BCUT2D eigenvalue weighted by atomic mass is 35.5. The molecule has 12 heteroatoms. The number of imide groups is 2. The Hall–Kier alpha value is -4.12. The highest BCUT2D eigenvalue weighted by Gasteiger charge is 2.67. The molecular formula is C33H31ClF2N2O7. The summed E-state index contributed by atoms with van der Waals surface area (Å²) in [6, 6.07) is 7.31. The zero-order chi connectivity index (χ0) is 32.4. The van der Waals surface area contributed by atoms with Crippen LogP contribution in [0, 0.1) is 40.7 Å². The van der Waals surface area contributed by atoms with Gasteiger partial charge in [0.1, 0.15) is 5.82 Å². The van der Waals surface area contributed by atoms with Gasteiger partial charge in [-0.2, -0.15) is 0 Å². The number of phenolic OH excluding ortho intramolecular Hbond substituents is 1. The highest BCUT2D eigenvalue weighted by Crippen LogP contribution is 2.63. The number of halogens is 3. The van der Waals surface area contributed by atoms with Crippen LogP contribution in [0.4, 0.5) is 14.5 Å². The van der Waals surface area contributed by atoms with Crippen LogP contribution < -0.4 is 4.90 Å². The lowest BCUT2D eigenvalue weighted by Crippen LogP contribution is -2.48. The van der Waals surface area contributed by atoms with Crippen molar-refractivity contribution in [3.05, 3.63) is 70.3 Å². The van der Waals surface area contributed by atoms with E-state index in [2.05, 4.69) is 0 Å². The summed E-state index contributed by atoms with van der Waals surface area (Å²) in [5.41, 5.74) is -0.366. The molecule has 0 bridgehead atoms. The third-order valence-corrected chi connectivity index (χ3v) is 10.4. The second-order valence-corrected chi connectivity index (χ2v) is 12.9. The number of rotatable bonds is 8. The summed E-state index contributed by atoms with van der Waals surface area (Å²) in [5, 5.41) is 18.5. The molecule has 2 aliphatic carbocycles. The van der Waals surface area contributed by atoms with Crippen molar-refractivity contribution < 1.29 is 43.0 Å². The minimum Gasteiger partial charge on any atom is -0.505 e. The summed E-state index contributed by atoms with van der Waals surface area (Å²) < 4.78 is 28.8. The summed E-state index contributed by atoms with van der Waals surface area (Å²) in [7, 11) is 0. The summed E-state index contributed by atoms with van der Waals surface area (Å²) >= 11 is 6.00. The maximum Gasteiger partial charge on any atom is 0.303 e. The first-order chi connectivity index (χ1) is 21.4. The van der Waals surface area contributed by atoms with E-state index in [0.717, 1.165) is 17.0 Å². The molecule has 2 saturated heterocycles. The second-order valence-electron chi connectivity index (χ2n) is 12.5. The number of carbonyl (C=O) groups excluding carboxylic acids is 4. The number of hydrogen-bond donors (Lipinski definition) is 2. The quantitative estimate of drug-likeness (QED) is 0.230. The molecule has 0 unspecified atom stereocenters. The van der Waals surface area contributed by atoms with Gasteiger partial charge in [0.05, 0.1) is 33.9 Å². The number of phenols is 1. The average Bonchev–Trinajstić information content (AvgIpc) is 3.35. The number of carboxylic acid groups (broad SMARTS) is 1. The van der Waals surface area contributed by atoms with Crippen LogP contribution in [0.15, 0.2) is 48.0 Å². The fraction of sp³-hybridized carbons (Fsp3) is 0.424. The maximum absolute atomic E-state index is 14.8. The lowest BCUT2D eigenvalue weighted by Gasteiger charge is -2.49. The van der Waals surface area contributed by atoms with E-state index in [0.29, 0.717) is 30.4 Å². The number of unbranched alkanes of at least 4 members (excludes halogenated alkanes) is 2. The van der Waals surface area contributed by atoms with E-state index in [1.165, 1.54) is 29.2 Å². The van der Waals surface area contributed by atoms with Crippen LogP contribution in [0.2, 0.25) is 5.02 Å². The molecule has 1 saturated carbocycles. The number of aromatic hydroxyl groups is 1. The Morgan fingerprint density at radius 3 is 2.42 bits per heavy atom. The Morgan fingerprint density at radius 2 is 1.73 bits per heavy atom. The molecule has 0 radical (unpaired) electrons. The van der Waals surface area contributed by atoms with E-state index in [9.17, 15) is 37.9 Å². The number of carbonyl (C=O) groups is 5. The van der Waals surface area contributed by atoms with Crippen molar-refractivity contribution in [1.82, 2.24) is 4.90 Å². The Labute approximate surface area is 262 Å². The number of anilines is 1. The third-order valence-electron chi connectivity index (χ3n) is 10.1. The third kappa shape index (κ3) is 4.83. The van der Waals surface area contributed by atoms with E-state index < -0.39 is 70.2 Å². The lowest BCUT2D eigenvalue weighted by molar-refractivity contribution is -0.141. The minimum atomic E-state index is -1.44. The van der Waals surface area contributed by atoms with Crippen LogP contribution in [0.3, 0.4) is 0 Å². The summed E-state index contributed by atoms with van der Waals surface area (Å²) in [6.07, 6.45) is 3.53. The van der Waals surface area contributed by atoms with Gasteiger partial charge in [0.15, 0.2) is 11.6 Å². The van der Waals surface area contributed by atoms with Gasteiger partial charge in [0, 0.05) is 18.9 Å². The topological polar surface area (TPSA) is 132 Å². The number of likely N-dealkylation sites (tertiary alicyclic amines) is 1. The first kappa shape index (κ1) is 30.9. The van der Waals surface area contributed by atoms with E-state index in [1.807, 2.05) is 6.08 Å². The van der Waals surface area contributed by atoms with Crippen LogP contribution in [0.1, 0.15) is 56.9 Å². The number of allylic oxidation sites excluding steroid dienone is 2. The lowest BCUT2D eigenvalue weighted by atomic mass is 9.51. The molecule has 4 amide bonds. The molecule has 6 rings (SSSR count). The predicted molar refractivity (Wildman–Crippen MR) is 157 cm³/mol. The predicted octanol–water partition coefficient (Wildman–Crippen LogP) is 5.20. The molecule has 2 aromatic rings. The molecule has 236 valence electrons. The van der Waals surface area contributed by atoms with E-state index in [1.54, 1.807) is 6.92 Å². The zero-order valence-corrected chi connectivity index (χ0v) is 25.1. The van der Waals surface area contributed by atoms with Gasteiger partial charge >= 0.3 is 5.97 Å². The van der Waals surface area contributed by atoms with Crippen LogP contribution in [-0.4, -0.2) is 51.3 Å². The van der Waals surface area contributed by atoms with Gasteiger partial charge in [-0.3, -0.25) is 28.9 Å². The van der Waals surface area contributed by atoms with Gasteiger partial charge in [-0.25, -0.2) is 13.7 Å². The normalized spacial score (nSPS) is 29.1. The first-order valence-corrected chi connectivity index (χ1v) is 15.3. The SMILES string of the molecule is C[C@@]12C(=O)N(c3ccc(F)c(Cl)c3)C(=O)[C@@H]1C[C@@H]1C(=CC[C@@H]3C(=O)N(CCCCCC(=O)O)C(=O)[C@@H]31)[C@@H]2c1ccc(O)c(F)c1. The monoisotopic (exact) mass is 640 g/mol. The molecule has 0 aromatic heterocycles. The van der Waals surface area contributed by atoms with Crippen molar-refractivity contribution in [2.24, 2.45) is 29.1 Å². The van der Waals surface area contributed by atoms with Gasteiger partial charge in [-0.15, -0.1) is 0 Å². The largest absolute Gasteiger partial charge is 0.505 e. The van der Waals surface area contributed by atoms with Gasteiger partial charge in [-0.1, -0.05) is 35.7 Å². The fourth-order valence-corrected chi connectivity index (χ4v) is 8.15. The smallest absolute Gasteiger partial charge is 0.303 e. The summed E-state index contributed by atoms with van der Waals surface area (Å²) in [4.78, 5) is 68.8. The minimum absolute atomic E-state index is 0.00418. The van der Waals surface area contributed by atoms with Gasteiger partial charge in [0.2, 0.25) is 23.6 Å². The molecule has 4 aliphatic rings. The molecule has 2 aromatic carbocycles. The first-order valence-electron chi connectivity index (χ1n) is 14.9. The Morgan fingerprint density at radius 1 is 0.978 bits per heavy atom. The van der Waals surface area contributed by atoms with E-state index in [-0.39, 0.29) is 48.3 Å². The van der Waals surface area contributed by atoms with Crippen molar-refractivity contribution in [1.29, 1.82) is 0 Å². The second kappa shape index (κ2) is 11.3. The number of benzene rings is 2. The zero-order valence-electron chi connectivity index (χ0n) is 24.3. The number of amides is 4. The highest BCUT2D eigenvalue weighted by molar-refractivity contribution is 6.31. The maximum atomic E-state index is 14.8. The van der Waals surface area contributed by atoms with E-state index in [4.69, 9.17) is 16.7 Å². The Kier molecular flexibility index (Phi) is 7.79. The molecule has 45 heavy (non-hydrogen) atoms. The van der Waals surface area contributed by atoms with Crippen molar-refractivity contribution in [2.45, 2.75) is 51.4 Å². The summed E-state index contributed by atoms with van der Waals surface area (Å²) in [5.74, 6) is -8.89. The van der Waals surface area contributed by atoms with Gasteiger partial charge in [-0.05, 0) is 74.4 Å². The molecule has 2 heterocycles. The van der Waals surface area contributed by atoms with Crippen LogP contribution in [0.5, 0.6) is 5.75 Å². The average molecular weight is 641 g/mol. The summed E-state index contributed by atoms with van der Waals surface area (Å²) in [6.45, 7) is 1.78. The van der Waals surface area contributed by atoms with Crippen LogP contribution in [0.25, 0.3) is 0 Å².